The molecule has 0 spiro atoms. The molecule has 0 bridgehead atoms. The molecule has 4 saturated heterocycles. The molecule has 1 aromatic heterocycles. The Morgan fingerprint density at radius 1 is 0.808 bits per heavy atom. The van der Waals surface area contributed by atoms with Crippen LogP contribution >= 0.6 is 0 Å². The second-order valence-electron chi connectivity index (χ2n) is 20.9. The molecule has 3 unspecified atom stereocenters. The lowest BCUT2D eigenvalue weighted by Gasteiger charge is -2.39. The molecule has 17 nitrogen and oxygen atoms in total. The fourth-order valence-electron chi connectivity index (χ4n) is 10.1. The Morgan fingerprint density at radius 2 is 1.46 bits per heavy atom. The maximum Gasteiger partial charge on any atom is 0.251 e. The summed E-state index contributed by atoms with van der Waals surface area (Å²) in [6.07, 6.45) is 11.6. The third kappa shape index (κ3) is 20.8. The van der Waals surface area contributed by atoms with Crippen LogP contribution in [0.25, 0.3) is 0 Å². The molecule has 432 valence electrons. The van der Waals surface area contributed by atoms with Crippen molar-refractivity contribution in [2.75, 3.05) is 113 Å². The van der Waals surface area contributed by atoms with Gasteiger partial charge in [-0.25, -0.2) is 9.97 Å². The summed E-state index contributed by atoms with van der Waals surface area (Å²) in [5.74, 6) is 2.06. The Morgan fingerprint density at radius 3 is 2.05 bits per heavy atom. The lowest BCUT2D eigenvalue weighted by molar-refractivity contribution is -0.135. The molecule has 4 amide bonds. The van der Waals surface area contributed by atoms with E-state index in [9.17, 15) is 24.0 Å². The molecule has 7 rings (SSSR count). The van der Waals surface area contributed by atoms with Gasteiger partial charge in [-0.15, -0.1) is 0 Å². The van der Waals surface area contributed by atoms with Crippen molar-refractivity contribution in [3.8, 4) is 0 Å². The summed E-state index contributed by atoms with van der Waals surface area (Å²) < 4.78 is 5.51. The van der Waals surface area contributed by atoms with Gasteiger partial charge < -0.3 is 35.0 Å². The second kappa shape index (κ2) is 35.0. The minimum atomic E-state index is -0.269. The van der Waals surface area contributed by atoms with Crippen LogP contribution in [-0.2, 0) is 25.5 Å². The minimum Gasteiger partial charge on any atom is -0.378 e. The predicted octanol–water partition coefficient (Wildman–Crippen LogP) is 8.56. The van der Waals surface area contributed by atoms with Crippen LogP contribution in [0.1, 0.15) is 175 Å². The lowest BCUT2D eigenvalue weighted by atomic mass is 9.91. The zero-order chi connectivity index (χ0) is 57.0. The van der Waals surface area contributed by atoms with Gasteiger partial charge in [0.05, 0.1) is 24.9 Å². The minimum absolute atomic E-state index is 0.0164. The van der Waals surface area contributed by atoms with Crippen LogP contribution in [0.4, 0.5) is 17.2 Å². The highest BCUT2D eigenvalue weighted by Crippen LogP contribution is 2.27. The van der Waals surface area contributed by atoms with E-state index in [0.717, 1.165) is 146 Å². The average molecular weight is 1080 g/mol. The number of rotatable bonds is 23. The fraction of sp³-hybridized carbons (Fsp3) is 0.639. The second-order valence-corrected chi connectivity index (χ2v) is 20.9. The zero-order valence-electron chi connectivity index (χ0n) is 49.2. The van der Waals surface area contributed by atoms with Crippen molar-refractivity contribution in [2.45, 2.75) is 139 Å². The van der Waals surface area contributed by atoms with Gasteiger partial charge in [0.25, 0.3) is 5.91 Å². The van der Waals surface area contributed by atoms with E-state index < -0.39 is 0 Å². The van der Waals surface area contributed by atoms with Crippen molar-refractivity contribution in [1.82, 2.24) is 35.7 Å². The average Bonchev–Trinajstić information content (AvgIpc) is 3.52. The van der Waals surface area contributed by atoms with Crippen LogP contribution in [0.3, 0.4) is 0 Å². The Balaban J connectivity index is 0.000000764. The van der Waals surface area contributed by atoms with Gasteiger partial charge in [0.15, 0.2) is 11.6 Å². The molecule has 4 aliphatic heterocycles. The van der Waals surface area contributed by atoms with E-state index >= 15 is 0 Å². The highest BCUT2D eigenvalue weighted by Gasteiger charge is 2.27. The van der Waals surface area contributed by atoms with Crippen molar-refractivity contribution in [2.24, 2.45) is 17.8 Å². The number of anilines is 3. The monoisotopic (exact) mass is 1080 g/mol. The Kier molecular flexibility index (Phi) is 29.0. The number of morpholine rings is 1. The van der Waals surface area contributed by atoms with Crippen molar-refractivity contribution in [3.63, 3.8) is 0 Å². The van der Waals surface area contributed by atoms with E-state index in [4.69, 9.17) is 19.5 Å². The number of ketones is 2. The van der Waals surface area contributed by atoms with Crippen molar-refractivity contribution in [1.29, 1.82) is 0 Å². The number of unbranched alkanes of at least 4 members (excludes halogenated alkanes) is 3. The number of nitrogens with zero attached hydrogens (tertiary/aromatic N) is 7. The molecule has 3 N–H and O–H groups in total. The summed E-state index contributed by atoms with van der Waals surface area (Å²) in [7, 11) is 1.56. The summed E-state index contributed by atoms with van der Waals surface area (Å²) in [5, 5.41) is 7.73. The third-order valence-electron chi connectivity index (χ3n) is 15.2. The van der Waals surface area contributed by atoms with Crippen LogP contribution in [0.5, 0.6) is 0 Å². The molecule has 4 aliphatic rings. The number of piperazine rings is 1. The normalized spacial score (nSPS) is 17.8. The van der Waals surface area contributed by atoms with Gasteiger partial charge in [0.2, 0.25) is 18.2 Å². The number of aryl methyl sites for hydroxylation is 1. The van der Waals surface area contributed by atoms with Crippen LogP contribution in [0.2, 0.25) is 0 Å². The molecule has 2 aromatic carbocycles. The van der Waals surface area contributed by atoms with Crippen LogP contribution in [0, 0.1) is 17.8 Å². The van der Waals surface area contributed by atoms with Crippen LogP contribution in [0.15, 0.2) is 48.5 Å². The fourth-order valence-corrected chi connectivity index (χ4v) is 10.1. The van der Waals surface area contributed by atoms with Gasteiger partial charge in [0.1, 0.15) is 11.6 Å². The summed E-state index contributed by atoms with van der Waals surface area (Å²) in [6, 6.07) is 15.5. The van der Waals surface area contributed by atoms with Gasteiger partial charge in [-0.2, -0.15) is 0 Å². The Labute approximate surface area is 467 Å². The molecule has 3 atom stereocenters. The van der Waals surface area contributed by atoms with E-state index in [2.05, 4.69) is 60.4 Å². The molecule has 0 aliphatic carbocycles. The predicted molar refractivity (Wildman–Crippen MR) is 314 cm³/mol. The first-order chi connectivity index (χ1) is 37.7. The van der Waals surface area contributed by atoms with E-state index in [-0.39, 0.29) is 47.2 Å². The molecule has 4 fully saturated rings. The van der Waals surface area contributed by atoms with E-state index in [1.807, 2.05) is 84.0 Å². The number of nitrogens with one attached hydrogen (secondary N) is 3. The summed E-state index contributed by atoms with van der Waals surface area (Å²) >= 11 is 0. The largest absolute Gasteiger partial charge is 0.378 e. The molecular formula is C61H96N10O7. The number of piperidine rings is 2. The van der Waals surface area contributed by atoms with Crippen LogP contribution < -0.4 is 30.7 Å². The quantitative estimate of drug-likeness (QED) is 0.0354. The number of amides is 4. The molecule has 0 radical (unpaired) electrons. The van der Waals surface area contributed by atoms with Gasteiger partial charge in [0, 0.05) is 125 Å². The maximum absolute atomic E-state index is 13.5. The number of Topliss-reactive ketones (excluding diaryl/α,β-unsaturated/α-hetero) is 2. The number of ether oxygens (including phenoxy) is 1. The first kappa shape index (κ1) is 64.7. The number of aromatic nitrogens is 2. The smallest absolute Gasteiger partial charge is 0.251 e. The Bertz CT molecular complexity index is 2310. The van der Waals surface area contributed by atoms with Crippen molar-refractivity contribution < 1.29 is 33.5 Å². The summed E-state index contributed by atoms with van der Waals surface area (Å²) in [4.78, 5) is 91.7. The number of carbonyl (C=O) groups excluding carboxylic acids is 6. The van der Waals surface area contributed by atoms with E-state index in [1.165, 1.54) is 32.1 Å². The van der Waals surface area contributed by atoms with Gasteiger partial charge in [-0.1, -0.05) is 60.8 Å². The molecule has 5 heterocycles. The Hall–Kier alpha value is -5.78. The van der Waals surface area contributed by atoms with Gasteiger partial charge >= 0.3 is 0 Å². The SMILES string of the molecule is CC.CC1CCC(=O)NC1=O.CCCCCCN(CC)c1cc(C(C)NC(=O)c2ccc(N3CCOCC3)cc2)nc(CCCN2CCC(CN3CCN(c4ccc(C(C)=O)c(C(=O)C(C)CC)c4)CC3)CC2)n1.CNC=O. The zero-order valence-corrected chi connectivity index (χ0v) is 49.2. The van der Waals surface area contributed by atoms with Crippen molar-refractivity contribution in [3.05, 3.63) is 76.7 Å². The first-order valence-electron chi connectivity index (χ1n) is 29.4. The topological polar surface area (TPSA) is 190 Å². The molecule has 17 heteroatoms. The first-order valence-corrected chi connectivity index (χ1v) is 29.4. The number of imide groups is 1. The van der Waals surface area contributed by atoms with Gasteiger partial charge in [-0.05, 0) is 127 Å². The molecular weight excluding hydrogens is 985 g/mol. The molecule has 3 aromatic rings. The summed E-state index contributed by atoms with van der Waals surface area (Å²) in [6.45, 7) is 31.1. The standard InChI is InChI=1S/C51H76N8O4.C6H9NO2.C2H5NO.C2H6/c1-7-10-11-12-24-57(9-3)49-36-47(39(5)52-51(62)42-15-17-43(18-16-42)59-31-33-63-34-32-59)53-48(54-49)14-13-23-55-25-21-41(22-26-55)37-56-27-29-58(30-28-56)44-19-20-45(40(6)60)46(35-44)50(61)38(4)8-2;1-4-2-3-5(8)7-6(4)9;1-3-2-4;1-2/h15-20,35-36,38-39,41H,7-14,21-34,37H2,1-6H3,(H,52,62);4H,2-3H2,1H3,(H,7,8,9);2H,1H3,(H,3,4);1-2H3. The van der Waals surface area contributed by atoms with Crippen LogP contribution in [-0.4, -0.2) is 154 Å². The highest BCUT2D eigenvalue weighted by molar-refractivity contribution is 6.09. The van der Waals surface area contributed by atoms with Crippen molar-refractivity contribution >= 4 is 52.9 Å². The number of likely N-dealkylation sites (tertiary alicyclic amines) is 1. The number of hydrogen-bond donors (Lipinski definition) is 3. The summed E-state index contributed by atoms with van der Waals surface area (Å²) in [5.41, 5.74) is 4.76. The van der Waals surface area contributed by atoms with E-state index in [1.54, 1.807) is 14.0 Å². The lowest BCUT2D eigenvalue weighted by Crippen LogP contribution is -2.49. The van der Waals surface area contributed by atoms with Gasteiger partial charge in [-0.3, -0.25) is 39.0 Å². The maximum atomic E-state index is 13.5. The highest BCUT2D eigenvalue weighted by atomic mass is 16.5. The van der Waals surface area contributed by atoms with E-state index in [0.29, 0.717) is 41.9 Å². The number of carbonyl (C=O) groups is 6. The molecule has 78 heavy (non-hydrogen) atoms. The number of benzene rings is 2. The molecule has 0 saturated carbocycles. The number of hydrogen-bond acceptors (Lipinski definition) is 14. The third-order valence-corrected chi connectivity index (χ3v) is 15.2.